The Morgan fingerprint density at radius 1 is 0.968 bits per heavy atom. The van der Waals surface area contributed by atoms with Crippen LogP contribution in [0.4, 0.5) is 14.5 Å². The van der Waals surface area contributed by atoms with E-state index in [1.54, 1.807) is 37.3 Å². The molecule has 162 valence electrons. The molecule has 3 aromatic carbocycles. The lowest BCUT2D eigenvalue weighted by atomic mass is 10.0. The zero-order valence-corrected chi connectivity index (χ0v) is 17.7. The number of esters is 1. The number of sulfonamides is 1. The summed E-state index contributed by atoms with van der Waals surface area (Å²) in [5.74, 6) is -2.71. The minimum atomic E-state index is -4.42. The van der Waals surface area contributed by atoms with Crippen LogP contribution in [0.5, 0.6) is 5.75 Å². The van der Waals surface area contributed by atoms with E-state index in [-0.39, 0.29) is 21.8 Å². The van der Waals surface area contributed by atoms with Crippen molar-refractivity contribution in [3.63, 3.8) is 0 Å². The van der Waals surface area contributed by atoms with Gasteiger partial charge in [-0.1, -0.05) is 30.3 Å². The Morgan fingerprint density at radius 2 is 1.65 bits per heavy atom. The molecule has 6 nitrogen and oxygen atoms in total. The molecular formula is C22H19F2NO5S. The molecule has 0 radical (unpaired) electrons. The van der Waals surface area contributed by atoms with Gasteiger partial charge in [0.2, 0.25) is 0 Å². The topological polar surface area (TPSA) is 81.7 Å². The van der Waals surface area contributed by atoms with Crippen LogP contribution >= 0.6 is 0 Å². The van der Waals surface area contributed by atoms with Crippen molar-refractivity contribution in [2.24, 2.45) is 0 Å². The molecule has 3 aromatic rings. The molecule has 9 heteroatoms. The predicted octanol–water partition coefficient (Wildman–Crippen LogP) is 4.54. The second-order valence-corrected chi connectivity index (χ2v) is 8.25. The van der Waals surface area contributed by atoms with Gasteiger partial charge in [-0.2, -0.15) is 0 Å². The van der Waals surface area contributed by atoms with Gasteiger partial charge >= 0.3 is 5.97 Å². The van der Waals surface area contributed by atoms with Crippen LogP contribution in [0.15, 0.2) is 59.5 Å². The first-order valence-electron chi connectivity index (χ1n) is 9.02. The van der Waals surface area contributed by atoms with Gasteiger partial charge in [0.05, 0.1) is 25.5 Å². The second kappa shape index (κ2) is 8.73. The minimum absolute atomic E-state index is 0.0196. The van der Waals surface area contributed by atoms with Crippen LogP contribution in [0, 0.1) is 18.6 Å². The molecule has 0 saturated carbocycles. The summed E-state index contributed by atoms with van der Waals surface area (Å²) in [4.78, 5) is 11.5. The normalized spacial score (nSPS) is 11.1. The minimum Gasteiger partial charge on any atom is -0.495 e. The van der Waals surface area contributed by atoms with E-state index < -0.39 is 33.3 Å². The summed E-state index contributed by atoms with van der Waals surface area (Å²) in [7, 11) is -1.99. The molecule has 0 saturated heterocycles. The lowest BCUT2D eigenvalue weighted by molar-refractivity contribution is 0.0600. The fraction of sp³-hybridized carbons (Fsp3) is 0.136. The van der Waals surface area contributed by atoms with Gasteiger partial charge in [-0.05, 0) is 36.2 Å². The fourth-order valence-corrected chi connectivity index (χ4v) is 4.43. The molecule has 1 N–H and O–H groups in total. The van der Waals surface area contributed by atoms with Crippen LogP contribution in [-0.4, -0.2) is 28.6 Å². The van der Waals surface area contributed by atoms with Crippen molar-refractivity contribution in [2.45, 2.75) is 11.8 Å². The molecule has 0 aliphatic heterocycles. The second-order valence-electron chi connectivity index (χ2n) is 6.60. The van der Waals surface area contributed by atoms with Crippen LogP contribution < -0.4 is 9.46 Å². The van der Waals surface area contributed by atoms with E-state index in [1.807, 2.05) is 0 Å². The number of methoxy groups -OCH3 is 2. The quantitative estimate of drug-likeness (QED) is 0.562. The van der Waals surface area contributed by atoms with Gasteiger partial charge in [-0.15, -0.1) is 0 Å². The first-order valence-corrected chi connectivity index (χ1v) is 10.5. The van der Waals surface area contributed by atoms with E-state index in [1.165, 1.54) is 13.2 Å². The summed E-state index contributed by atoms with van der Waals surface area (Å²) in [5.41, 5.74) is 0.345. The van der Waals surface area contributed by atoms with Gasteiger partial charge in [0, 0.05) is 11.6 Å². The summed E-state index contributed by atoms with van der Waals surface area (Å²) in [6.07, 6.45) is 0. The Kier molecular flexibility index (Phi) is 6.26. The molecule has 0 aromatic heterocycles. The molecule has 0 amide bonds. The largest absolute Gasteiger partial charge is 0.495 e. The van der Waals surface area contributed by atoms with Gasteiger partial charge in [-0.3, -0.25) is 4.72 Å². The third kappa shape index (κ3) is 4.51. The van der Waals surface area contributed by atoms with Crippen molar-refractivity contribution in [3.8, 4) is 16.9 Å². The summed E-state index contributed by atoms with van der Waals surface area (Å²) in [5, 5.41) is 0. The number of anilines is 1. The zero-order valence-electron chi connectivity index (χ0n) is 16.9. The van der Waals surface area contributed by atoms with Crippen LogP contribution in [0.1, 0.15) is 15.9 Å². The van der Waals surface area contributed by atoms with Gasteiger partial charge in [0.25, 0.3) is 10.0 Å². The molecule has 0 aliphatic rings. The van der Waals surface area contributed by atoms with Crippen LogP contribution in [0.3, 0.4) is 0 Å². The monoisotopic (exact) mass is 447 g/mol. The highest BCUT2D eigenvalue weighted by Gasteiger charge is 2.26. The van der Waals surface area contributed by atoms with Crippen molar-refractivity contribution in [1.82, 2.24) is 0 Å². The molecule has 0 bridgehead atoms. The summed E-state index contributed by atoms with van der Waals surface area (Å²) in [6, 6.07) is 12.5. The average molecular weight is 447 g/mol. The number of carbonyl (C=O) groups excluding carboxylic acids is 1. The first kappa shape index (κ1) is 22.2. The lowest BCUT2D eigenvalue weighted by Gasteiger charge is -2.16. The van der Waals surface area contributed by atoms with Crippen LogP contribution in [0.25, 0.3) is 11.1 Å². The Hall–Kier alpha value is -3.46. The molecule has 31 heavy (non-hydrogen) atoms. The van der Waals surface area contributed by atoms with E-state index >= 15 is 0 Å². The third-order valence-electron chi connectivity index (χ3n) is 4.54. The van der Waals surface area contributed by atoms with Gasteiger partial charge < -0.3 is 9.47 Å². The smallest absolute Gasteiger partial charge is 0.337 e. The number of nitrogens with one attached hydrogen (secondary N) is 1. The third-order valence-corrected chi connectivity index (χ3v) is 5.91. The van der Waals surface area contributed by atoms with Crippen molar-refractivity contribution in [3.05, 3.63) is 77.4 Å². The molecular weight excluding hydrogens is 428 g/mol. The Morgan fingerprint density at radius 3 is 2.26 bits per heavy atom. The van der Waals surface area contributed by atoms with Crippen molar-refractivity contribution < 1.29 is 31.5 Å². The Labute approximate surface area is 178 Å². The zero-order chi connectivity index (χ0) is 22.8. The fourth-order valence-electron chi connectivity index (χ4n) is 3.10. The number of benzene rings is 3. The van der Waals surface area contributed by atoms with Gasteiger partial charge in [0.15, 0.2) is 0 Å². The maximum Gasteiger partial charge on any atom is 0.337 e. The van der Waals surface area contributed by atoms with E-state index in [9.17, 15) is 22.0 Å². The number of halogens is 2. The van der Waals surface area contributed by atoms with Gasteiger partial charge in [0.1, 0.15) is 22.3 Å². The molecule has 0 spiro atoms. The number of hydrogen-bond acceptors (Lipinski definition) is 5. The number of aryl methyl sites for hydroxylation is 1. The number of ether oxygens (including phenoxy) is 2. The Balaban J connectivity index is 2.11. The summed E-state index contributed by atoms with van der Waals surface area (Å²) in [6.45, 7) is 1.55. The summed E-state index contributed by atoms with van der Waals surface area (Å²) < 4.78 is 66.9. The van der Waals surface area contributed by atoms with E-state index in [4.69, 9.17) is 4.74 Å². The van der Waals surface area contributed by atoms with E-state index in [0.717, 1.165) is 19.2 Å². The molecule has 0 atom stereocenters. The van der Waals surface area contributed by atoms with Crippen molar-refractivity contribution in [1.29, 1.82) is 0 Å². The lowest BCUT2D eigenvalue weighted by Crippen LogP contribution is -2.17. The Bertz CT molecular complexity index is 1240. The highest BCUT2D eigenvalue weighted by Crippen LogP contribution is 2.33. The first-order chi connectivity index (χ1) is 14.7. The average Bonchev–Trinajstić information content (AvgIpc) is 2.75. The molecule has 0 aliphatic carbocycles. The molecule has 0 unspecified atom stereocenters. The number of rotatable bonds is 6. The maximum absolute atomic E-state index is 14.4. The summed E-state index contributed by atoms with van der Waals surface area (Å²) >= 11 is 0. The van der Waals surface area contributed by atoms with E-state index in [2.05, 4.69) is 9.46 Å². The van der Waals surface area contributed by atoms with Crippen LogP contribution in [0.2, 0.25) is 0 Å². The van der Waals surface area contributed by atoms with Crippen molar-refractivity contribution >= 4 is 21.7 Å². The maximum atomic E-state index is 14.4. The standard InChI is InChI=1S/C22H19F2NO5S/c1-13-9-15(22(26)30-3)10-20(21(13)29-2)31(27,28)25-19-11-16(17(23)12-18(19)24)14-7-5-4-6-8-14/h4-12,25H,1-3H3. The highest BCUT2D eigenvalue weighted by molar-refractivity contribution is 7.92. The van der Waals surface area contributed by atoms with Crippen LogP contribution in [-0.2, 0) is 14.8 Å². The number of carbonyl (C=O) groups is 1. The van der Waals surface area contributed by atoms with Crippen molar-refractivity contribution in [2.75, 3.05) is 18.9 Å². The molecule has 0 fully saturated rings. The van der Waals surface area contributed by atoms with Gasteiger partial charge in [-0.25, -0.2) is 22.0 Å². The molecule has 0 heterocycles. The SMILES string of the molecule is COC(=O)c1cc(C)c(OC)c(S(=O)(=O)Nc2cc(-c3ccccc3)c(F)cc2F)c1. The predicted molar refractivity (Wildman–Crippen MR) is 112 cm³/mol. The molecule has 3 rings (SSSR count). The van der Waals surface area contributed by atoms with E-state index in [0.29, 0.717) is 17.2 Å². The number of hydrogen-bond donors (Lipinski definition) is 1. The highest BCUT2D eigenvalue weighted by atomic mass is 32.2.